The van der Waals surface area contributed by atoms with Gasteiger partial charge in [-0.05, 0) is 41.5 Å². The fraction of sp³-hybridized carbons (Fsp3) is 0.438. The summed E-state index contributed by atoms with van der Waals surface area (Å²) in [5.41, 5.74) is 0.995. The van der Waals surface area contributed by atoms with Crippen molar-refractivity contribution in [2.75, 3.05) is 19.6 Å². The number of carbonyl (C=O) groups is 1. The molecule has 0 aliphatic heterocycles. The maximum atomic E-state index is 12.6. The van der Waals surface area contributed by atoms with E-state index in [-0.39, 0.29) is 23.2 Å². The third-order valence-electron chi connectivity index (χ3n) is 4.16. The minimum absolute atomic E-state index is 0.0454. The number of hydrogen-bond donors (Lipinski definition) is 2. The minimum atomic E-state index is -3.79. The lowest BCUT2D eigenvalue weighted by Crippen LogP contribution is -2.37. The van der Waals surface area contributed by atoms with Crippen LogP contribution in [0.3, 0.4) is 0 Å². The Morgan fingerprint density at radius 3 is 2.56 bits per heavy atom. The fourth-order valence-electron chi connectivity index (χ4n) is 2.75. The van der Waals surface area contributed by atoms with Crippen molar-refractivity contribution in [1.29, 1.82) is 0 Å². The third kappa shape index (κ3) is 4.49. The first kappa shape index (κ1) is 19.6. The molecule has 2 N–H and O–H groups in total. The van der Waals surface area contributed by atoms with Gasteiger partial charge in [-0.3, -0.25) is 4.90 Å². The van der Waals surface area contributed by atoms with Crippen molar-refractivity contribution in [3.05, 3.63) is 40.3 Å². The van der Waals surface area contributed by atoms with Crippen LogP contribution < -0.4 is 4.72 Å². The van der Waals surface area contributed by atoms with Gasteiger partial charge in [0.05, 0.1) is 0 Å². The normalized spacial score (nSPS) is 13.3. The predicted molar refractivity (Wildman–Crippen MR) is 97.5 cm³/mol. The molecule has 1 atom stereocenters. The second-order valence-corrected chi connectivity index (χ2v) is 8.17. The molecule has 0 bridgehead atoms. The summed E-state index contributed by atoms with van der Waals surface area (Å²) in [6.45, 7) is 5.89. The third-order valence-corrected chi connectivity index (χ3v) is 6.25. The highest BCUT2D eigenvalue weighted by Crippen LogP contribution is 2.23. The molecule has 0 saturated heterocycles. The van der Waals surface area contributed by atoms with E-state index in [4.69, 9.17) is 5.11 Å². The molecule has 0 aromatic carbocycles. The molecule has 0 amide bonds. The smallest absolute Gasteiger partial charge is 0.352 e. The topological polar surface area (TPSA) is 91.6 Å². The minimum Gasteiger partial charge on any atom is -0.477 e. The number of aryl methyl sites for hydroxylation is 1. The first-order valence-electron chi connectivity index (χ1n) is 7.95. The molecule has 25 heavy (non-hydrogen) atoms. The summed E-state index contributed by atoms with van der Waals surface area (Å²) < 4.78 is 29.0. The second kappa shape index (κ2) is 8.13. The largest absolute Gasteiger partial charge is 0.477 e. The van der Waals surface area contributed by atoms with Crippen LogP contribution in [0.1, 0.15) is 35.9 Å². The molecular weight excluding hydrogens is 362 g/mol. The molecule has 0 radical (unpaired) electrons. The molecule has 2 aromatic rings. The van der Waals surface area contributed by atoms with Crippen LogP contribution in [-0.4, -0.2) is 48.6 Å². The zero-order valence-corrected chi connectivity index (χ0v) is 16.1. The van der Waals surface area contributed by atoms with Crippen LogP contribution in [0.5, 0.6) is 0 Å². The summed E-state index contributed by atoms with van der Waals surface area (Å²) in [4.78, 5) is 13.2. The van der Waals surface area contributed by atoms with Crippen molar-refractivity contribution in [3.8, 4) is 0 Å². The van der Waals surface area contributed by atoms with Gasteiger partial charge >= 0.3 is 5.97 Å². The molecular formula is C16H23N3O4S2. The fourth-order valence-corrected chi connectivity index (χ4v) is 4.57. The van der Waals surface area contributed by atoms with Gasteiger partial charge in [0.1, 0.15) is 10.6 Å². The predicted octanol–water partition coefficient (Wildman–Crippen LogP) is 2.15. The lowest BCUT2D eigenvalue weighted by atomic mass is 10.1. The van der Waals surface area contributed by atoms with Crippen molar-refractivity contribution >= 4 is 27.3 Å². The summed E-state index contributed by atoms with van der Waals surface area (Å²) in [6, 6.07) is 3.09. The lowest BCUT2D eigenvalue weighted by Gasteiger charge is -2.29. The van der Waals surface area contributed by atoms with E-state index in [0.29, 0.717) is 0 Å². The number of sulfonamides is 1. The van der Waals surface area contributed by atoms with Gasteiger partial charge in [-0.1, -0.05) is 13.8 Å². The quantitative estimate of drug-likeness (QED) is 0.690. The Hall–Kier alpha value is -1.68. The average Bonchev–Trinajstić information content (AvgIpc) is 3.21. The number of carboxylic acid groups (broad SMARTS) is 1. The van der Waals surface area contributed by atoms with E-state index in [9.17, 15) is 13.2 Å². The number of rotatable bonds is 9. The van der Waals surface area contributed by atoms with E-state index in [0.717, 1.165) is 18.7 Å². The van der Waals surface area contributed by atoms with Gasteiger partial charge in [0.2, 0.25) is 10.0 Å². The Morgan fingerprint density at radius 1 is 1.40 bits per heavy atom. The van der Waals surface area contributed by atoms with Crippen molar-refractivity contribution in [2.24, 2.45) is 7.05 Å². The zero-order valence-electron chi connectivity index (χ0n) is 14.5. The Bertz CT molecular complexity index is 809. The van der Waals surface area contributed by atoms with Crippen molar-refractivity contribution in [3.63, 3.8) is 0 Å². The van der Waals surface area contributed by atoms with Crippen LogP contribution in [0, 0.1) is 0 Å². The molecule has 138 valence electrons. The highest BCUT2D eigenvalue weighted by molar-refractivity contribution is 7.89. The van der Waals surface area contributed by atoms with E-state index in [1.807, 2.05) is 30.7 Å². The van der Waals surface area contributed by atoms with Crippen molar-refractivity contribution < 1.29 is 18.3 Å². The number of hydrogen-bond acceptors (Lipinski definition) is 5. The summed E-state index contributed by atoms with van der Waals surface area (Å²) >= 11 is 1.57. The highest BCUT2D eigenvalue weighted by Gasteiger charge is 2.24. The monoisotopic (exact) mass is 385 g/mol. The summed E-state index contributed by atoms with van der Waals surface area (Å²) in [7, 11) is -2.28. The van der Waals surface area contributed by atoms with Crippen LogP contribution in [0.15, 0.2) is 34.0 Å². The Balaban J connectivity index is 2.21. The molecule has 0 aliphatic carbocycles. The Kier molecular flexibility index (Phi) is 6.39. The number of nitrogens with zero attached hydrogens (tertiary/aromatic N) is 2. The molecule has 2 heterocycles. The zero-order chi connectivity index (χ0) is 18.6. The number of aromatic carboxylic acids is 1. The average molecular weight is 386 g/mol. The SMILES string of the molecule is CCN(CC)C(CNS(=O)(=O)c1cc(C(=O)O)n(C)c1)c1ccsc1. The standard InChI is InChI=1S/C16H23N3O4S2/c1-4-19(5-2)15(12-6-7-24-11-12)9-17-25(22,23)13-8-14(16(20)21)18(3)10-13/h6-8,10-11,15,17H,4-5,9H2,1-3H3,(H,20,21). The molecule has 2 rings (SSSR count). The molecule has 7 nitrogen and oxygen atoms in total. The van der Waals surface area contributed by atoms with Crippen LogP contribution >= 0.6 is 11.3 Å². The van der Waals surface area contributed by atoms with Crippen LogP contribution in [0.25, 0.3) is 0 Å². The van der Waals surface area contributed by atoms with Crippen molar-refractivity contribution in [1.82, 2.24) is 14.2 Å². The number of thiophene rings is 1. The van der Waals surface area contributed by atoms with Gasteiger partial charge in [-0.15, -0.1) is 0 Å². The maximum absolute atomic E-state index is 12.6. The first-order valence-corrected chi connectivity index (χ1v) is 10.4. The van der Waals surface area contributed by atoms with Crippen molar-refractivity contribution in [2.45, 2.75) is 24.8 Å². The Labute approximate surface area is 151 Å². The van der Waals surface area contributed by atoms with E-state index in [1.165, 1.54) is 23.9 Å². The van der Waals surface area contributed by atoms with Gasteiger partial charge in [0.25, 0.3) is 0 Å². The molecule has 0 saturated carbocycles. The second-order valence-electron chi connectivity index (χ2n) is 5.62. The van der Waals surface area contributed by atoms with Gasteiger partial charge in [-0.25, -0.2) is 17.9 Å². The van der Waals surface area contributed by atoms with E-state index < -0.39 is 16.0 Å². The van der Waals surface area contributed by atoms with Gasteiger partial charge in [0, 0.05) is 25.8 Å². The van der Waals surface area contributed by atoms with Crippen LogP contribution in [0.2, 0.25) is 0 Å². The van der Waals surface area contributed by atoms with Crippen LogP contribution in [0.4, 0.5) is 0 Å². The van der Waals surface area contributed by atoms with Gasteiger partial charge < -0.3 is 9.67 Å². The van der Waals surface area contributed by atoms with Gasteiger partial charge in [0.15, 0.2) is 0 Å². The Morgan fingerprint density at radius 2 is 2.08 bits per heavy atom. The maximum Gasteiger partial charge on any atom is 0.352 e. The van der Waals surface area contributed by atoms with Crippen LogP contribution in [-0.2, 0) is 17.1 Å². The molecule has 9 heteroatoms. The van der Waals surface area contributed by atoms with E-state index >= 15 is 0 Å². The first-order chi connectivity index (χ1) is 11.8. The van der Waals surface area contributed by atoms with E-state index in [1.54, 1.807) is 11.3 Å². The number of nitrogens with one attached hydrogen (secondary N) is 1. The van der Waals surface area contributed by atoms with E-state index in [2.05, 4.69) is 9.62 Å². The number of likely N-dealkylation sites (N-methyl/N-ethyl adjacent to an activating group) is 1. The molecule has 0 aliphatic rings. The molecule has 1 unspecified atom stereocenters. The number of carboxylic acids is 1. The number of aromatic nitrogens is 1. The van der Waals surface area contributed by atoms with Gasteiger partial charge in [-0.2, -0.15) is 11.3 Å². The molecule has 2 aromatic heterocycles. The summed E-state index contributed by atoms with van der Waals surface area (Å²) in [6.07, 6.45) is 1.31. The highest BCUT2D eigenvalue weighted by atomic mass is 32.2. The molecule has 0 fully saturated rings. The molecule has 0 spiro atoms. The lowest BCUT2D eigenvalue weighted by molar-refractivity contribution is 0.0686. The summed E-state index contributed by atoms with van der Waals surface area (Å²) in [5.74, 6) is -1.16. The summed E-state index contributed by atoms with van der Waals surface area (Å²) in [5, 5.41) is 13.1.